The van der Waals surface area contributed by atoms with Gasteiger partial charge in [-0.25, -0.2) is 4.79 Å². The fourth-order valence-corrected chi connectivity index (χ4v) is 2.04. The van der Waals surface area contributed by atoms with E-state index >= 15 is 0 Å². The number of ether oxygens (including phenoxy) is 2. The number of amides is 1. The molecule has 2 rings (SSSR count). The smallest absolute Gasteiger partial charge is 0.415 e. The second kappa shape index (κ2) is 9.07. The van der Waals surface area contributed by atoms with Crippen molar-refractivity contribution >= 4 is 6.09 Å². The average Bonchev–Trinajstić information content (AvgIpc) is 3.17. The second-order valence-corrected chi connectivity index (χ2v) is 5.66. The maximum Gasteiger partial charge on any atom is 0.415 e. The van der Waals surface area contributed by atoms with E-state index in [1.165, 1.54) is 6.07 Å². The van der Waals surface area contributed by atoms with Gasteiger partial charge in [-0.2, -0.15) is 0 Å². The molecule has 9 nitrogen and oxygen atoms in total. The minimum Gasteiger partial charge on any atom is -0.470 e. The lowest BCUT2D eigenvalue weighted by molar-refractivity contribution is 0.168. The number of hydrogen-bond acceptors (Lipinski definition) is 8. The van der Waals surface area contributed by atoms with Gasteiger partial charge in [-0.15, -0.1) is 0 Å². The van der Waals surface area contributed by atoms with E-state index in [1.54, 1.807) is 6.92 Å². The number of aromatic nitrogens is 2. The van der Waals surface area contributed by atoms with Gasteiger partial charge in [0.05, 0.1) is 30.0 Å². The Morgan fingerprint density at radius 3 is 2.92 bits per heavy atom. The van der Waals surface area contributed by atoms with Crippen LogP contribution in [0.2, 0.25) is 0 Å². The minimum absolute atomic E-state index is 0.106. The highest BCUT2D eigenvalue weighted by Crippen LogP contribution is 2.22. The molecule has 25 heavy (non-hydrogen) atoms. The summed E-state index contributed by atoms with van der Waals surface area (Å²) in [7, 11) is 0. The van der Waals surface area contributed by atoms with Gasteiger partial charge in [-0.05, 0) is 31.8 Å². The zero-order valence-electron chi connectivity index (χ0n) is 14.6. The van der Waals surface area contributed by atoms with Gasteiger partial charge in [-0.3, -0.25) is 0 Å². The molecule has 0 saturated carbocycles. The van der Waals surface area contributed by atoms with Crippen LogP contribution in [-0.2, 0) is 13.0 Å². The summed E-state index contributed by atoms with van der Waals surface area (Å²) < 4.78 is 20.6. The van der Waals surface area contributed by atoms with Crippen LogP contribution in [0.4, 0.5) is 4.79 Å². The molecule has 138 valence electrons. The van der Waals surface area contributed by atoms with Crippen molar-refractivity contribution in [1.82, 2.24) is 15.6 Å². The number of aliphatic hydroxyl groups is 1. The number of nitrogens with one attached hydrogen (secondary N) is 1. The molecule has 0 bridgehead atoms. The van der Waals surface area contributed by atoms with Crippen molar-refractivity contribution in [3.63, 3.8) is 0 Å². The van der Waals surface area contributed by atoms with Crippen LogP contribution in [0.3, 0.4) is 0 Å². The van der Waals surface area contributed by atoms with Crippen LogP contribution in [0.25, 0.3) is 0 Å². The molecule has 0 unspecified atom stereocenters. The third-order valence-electron chi connectivity index (χ3n) is 3.50. The van der Waals surface area contributed by atoms with Crippen LogP contribution >= 0.6 is 0 Å². The second-order valence-electron chi connectivity index (χ2n) is 5.66. The van der Waals surface area contributed by atoms with Gasteiger partial charge in [-0.1, -0.05) is 18.5 Å². The van der Waals surface area contributed by atoms with Crippen LogP contribution in [0.1, 0.15) is 43.7 Å². The molecule has 0 radical (unpaired) electrons. The monoisotopic (exact) mass is 353 g/mol. The normalized spacial score (nSPS) is 12.0. The maximum absolute atomic E-state index is 11.5. The lowest BCUT2D eigenvalue weighted by Crippen LogP contribution is -2.36. The fraction of sp³-hybridized carbons (Fsp3) is 0.562. The van der Waals surface area contributed by atoms with Crippen molar-refractivity contribution in [2.75, 3.05) is 6.61 Å². The quantitative estimate of drug-likeness (QED) is 0.705. The third kappa shape index (κ3) is 5.49. The number of hydrogen-bond donors (Lipinski definition) is 2. The summed E-state index contributed by atoms with van der Waals surface area (Å²) in [4.78, 5) is 11.5. The molecule has 0 fully saturated rings. The van der Waals surface area contributed by atoms with Gasteiger partial charge in [0, 0.05) is 0 Å². The average molecular weight is 353 g/mol. The van der Waals surface area contributed by atoms with E-state index in [1.807, 2.05) is 6.92 Å². The molecular weight excluding hydrogens is 330 g/mol. The molecule has 1 atom stereocenters. The van der Waals surface area contributed by atoms with Crippen molar-refractivity contribution in [3.8, 4) is 11.8 Å². The summed E-state index contributed by atoms with van der Waals surface area (Å²) in [6.07, 6.45) is 2.15. The molecule has 0 aliphatic rings. The number of carbonyl (C=O) groups is 1. The molecule has 0 saturated heterocycles. The molecule has 0 aromatic carbocycles. The lowest BCUT2D eigenvalue weighted by Gasteiger charge is -2.08. The van der Waals surface area contributed by atoms with E-state index in [0.29, 0.717) is 5.76 Å². The zero-order valence-corrected chi connectivity index (χ0v) is 14.6. The Morgan fingerprint density at radius 1 is 1.40 bits per heavy atom. The first-order valence-electron chi connectivity index (χ1n) is 8.16. The predicted octanol–water partition coefficient (Wildman–Crippen LogP) is 2.36. The van der Waals surface area contributed by atoms with Gasteiger partial charge in [0.15, 0.2) is 0 Å². The van der Waals surface area contributed by atoms with Crippen LogP contribution in [0, 0.1) is 6.92 Å². The van der Waals surface area contributed by atoms with Crippen molar-refractivity contribution in [3.05, 3.63) is 23.1 Å². The number of aliphatic hydroxyl groups excluding tert-OH is 1. The Morgan fingerprint density at radius 2 is 2.20 bits per heavy atom. The Hall–Kier alpha value is -2.55. The van der Waals surface area contributed by atoms with Gasteiger partial charge in [0.1, 0.15) is 12.4 Å². The number of unbranched alkanes of at least 4 members (excludes halogenated alkanes) is 1. The summed E-state index contributed by atoms with van der Waals surface area (Å²) in [6, 6.07) is 0.932. The SMILES string of the molecule is CCCCc1noc(C)c1COc1cc(OC(=O)N[C@@H](C)CO)on1. The molecule has 2 heterocycles. The molecule has 0 spiro atoms. The highest BCUT2D eigenvalue weighted by molar-refractivity contribution is 5.69. The summed E-state index contributed by atoms with van der Waals surface area (Å²) in [5, 5.41) is 19.0. The van der Waals surface area contributed by atoms with Gasteiger partial charge in [0.2, 0.25) is 0 Å². The highest BCUT2D eigenvalue weighted by Gasteiger charge is 2.16. The van der Waals surface area contributed by atoms with E-state index in [9.17, 15) is 4.79 Å². The number of carbonyl (C=O) groups excluding carboxylic acids is 1. The predicted molar refractivity (Wildman–Crippen MR) is 86.4 cm³/mol. The summed E-state index contributed by atoms with van der Waals surface area (Å²) >= 11 is 0. The minimum atomic E-state index is -0.749. The van der Waals surface area contributed by atoms with Crippen molar-refractivity contribution in [1.29, 1.82) is 0 Å². The Kier molecular flexibility index (Phi) is 6.81. The lowest BCUT2D eigenvalue weighted by atomic mass is 10.1. The van der Waals surface area contributed by atoms with Crippen LogP contribution < -0.4 is 14.8 Å². The van der Waals surface area contributed by atoms with Crippen molar-refractivity contribution in [2.24, 2.45) is 0 Å². The molecule has 2 N–H and O–H groups in total. The van der Waals surface area contributed by atoms with Crippen molar-refractivity contribution in [2.45, 2.75) is 52.7 Å². The van der Waals surface area contributed by atoms with E-state index < -0.39 is 12.1 Å². The summed E-state index contributed by atoms with van der Waals surface area (Å²) in [5.41, 5.74) is 1.75. The first-order chi connectivity index (χ1) is 12.0. The van der Waals surface area contributed by atoms with Crippen molar-refractivity contribution < 1.29 is 28.4 Å². The molecule has 9 heteroatoms. The summed E-state index contributed by atoms with van der Waals surface area (Å²) in [6.45, 7) is 5.60. The molecular formula is C16H23N3O6. The topological polar surface area (TPSA) is 120 Å². The third-order valence-corrected chi connectivity index (χ3v) is 3.50. The van der Waals surface area contributed by atoms with E-state index in [-0.39, 0.29) is 25.0 Å². The first-order valence-corrected chi connectivity index (χ1v) is 8.16. The molecule has 0 aliphatic carbocycles. The summed E-state index contributed by atoms with van der Waals surface area (Å²) in [5.74, 6) is 0.773. The first kappa shape index (κ1) is 18.8. The molecule has 0 aliphatic heterocycles. The Balaban J connectivity index is 1.89. The molecule has 2 aromatic heterocycles. The Bertz CT molecular complexity index is 681. The van der Waals surface area contributed by atoms with E-state index in [0.717, 1.165) is 30.5 Å². The Labute approximate surface area is 145 Å². The van der Waals surface area contributed by atoms with Gasteiger partial charge in [0.25, 0.3) is 5.88 Å². The molecule has 2 aromatic rings. The zero-order chi connectivity index (χ0) is 18.2. The van der Waals surface area contributed by atoms with E-state index in [4.69, 9.17) is 23.6 Å². The largest absolute Gasteiger partial charge is 0.470 e. The van der Waals surface area contributed by atoms with Crippen LogP contribution in [-0.4, -0.2) is 34.2 Å². The van der Waals surface area contributed by atoms with E-state index in [2.05, 4.69) is 22.6 Å². The van der Waals surface area contributed by atoms with Gasteiger partial charge >= 0.3 is 12.0 Å². The maximum atomic E-state index is 11.5. The van der Waals surface area contributed by atoms with Crippen LogP contribution in [0.15, 0.2) is 15.1 Å². The van der Waals surface area contributed by atoms with Gasteiger partial charge < -0.3 is 28.9 Å². The highest BCUT2D eigenvalue weighted by atomic mass is 16.7. The fourth-order valence-electron chi connectivity index (χ4n) is 2.04. The number of rotatable bonds is 9. The standard InChI is InChI=1S/C16H23N3O6/c1-4-5-6-13-12(11(3)24-18-13)9-22-14-7-15(25-19-14)23-16(21)17-10(2)8-20/h7,10,20H,4-6,8-9H2,1-3H3,(H,17,21)/t10-/m0/s1. The number of aryl methyl sites for hydroxylation is 2. The van der Waals surface area contributed by atoms with Crippen LogP contribution in [0.5, 0.6) is 11.8 Å². The molecule has 1 amide bonds. The number of nitrogens with zero attached hydrogens (tertiary/aromatic N) is 2.